The van der Waals surface area contributed by atoms with Crippen LogP contribution in [0.2, 0.25) is 0 Å². The average molecular weight is 639 g/mol. The van der Waals surface area contributed by atoms with Crippen LogP contribution in [0.1, 0.15) is 25.0 Å². The summed E-state index contributed by atoms with van der Waals surface area (Å²) in [6.45, 7) is 4.73. The zero-order valence-corrected chi connectivity index (χ0v) is 28.1. The molecule has 0 amide bonds. The fourth-order valence-electron chi connectivity index (χ4n) is 8.19. The highest BCUT2D eigenvalue weighted by Gasteiger charge is 2.36. The molecule has 0 bridgehead atoms. The van der Waals surface area contributed by atoms with Crippen molar-refractivity contribution in [1.82, 2.24) is 9.55 Å². The van der Waals surface area contributed by atoms with E-state index in [-0.39, 0.29) is 5.41 Å². The molecule has 1 aliphatic rings. The normalized spacial score (nSPS) is 13.2. The molecule has 0 spiro atoms. The molecule has 236 valence electrons. The first-order chi connectivity index (χ1) is 24.5. The second kappa shape index (κ2) is 10.9. The number of rotatable bonds is 4. The Hall–Kier alpha value is -6.25. The third-order valence-corrected chi connectivity index (χ3v) is 10.8. The molecule has 0 saturated heterocycles. The third-order valence-electron chi connectivity index (χ3n) is 10.8. The molecule has 10 rings (SSSR count). The Kier molecular flexibility index (Phi) is 6.25. The Morgan fingerprint density at radius 1 is 0.420 bits per heavy atom. The van der Waals surface area contributed by atoms with Gasteiger partial charge in [-0.15, -0.1) is 0 Å². The minimum absolute atomic E-state index is 0.0607. The Bertz CT molecular complexity index is 2690. The van der Waals surface area contributed by atoms with Crippen LogP contribution < -0.4 is 0 Å². The van der Waals surface area contributed by atoms with Crippen molar-refractivity contribution in [3.8, 4) is 50.5 Å². The number of benzene rings is 7. The van der Waals surface area contributed by atoms with Crippen LogP contribution in [0, 0.1) is 0 Å². The molecule has 1 aliphatic carbocycles. The van der Waals surface area contributed by atoms with Crippen molar-refractivity contribution in [1.29, 1.82) is 0 Å². The fraction of sp³-hybridized carbons (Fsp3) is 0.0625. The van der Waals surface area contributed by atoms with Crippen molar-refractivity contribution in [2.45, 2.75) is 19.3 Å². The molecular formula is C48H34N2. The standard InChI is InChI=1S/C48H34N2/c1-48(2)42-20-12-11-19-38(42)39-30-47-41(29-43(39)48)40-25-34-17-9-10-18-35(34)28-46(40)50(47)37-23-21-31(22-24-37)36-26-44(32-13-5-3-6-14-32)49-45(27-36)33-15-7-4-8-16-33/h3-30H,1-2H3. The highest BCUT2D eigenvalue weighted by molar-refractivity contribution is 6.15. The summed E-state index contributed by atoms with van der Waals surface area (Å²) in [6.07, 6.45) is 0. The number of aromatic nitrogens is 2. The molecule has 2 heteroatoms. The van der Waals surface area contributed by atoms with Gasteiger partial charge in [-0.1, -0.05) is 135 Å². The highest BCUT2D eigenvalue weighted by atomic mass is 15.0. The van der Waals surface area contributed by atoms with E-state index in [0.29, 0.717) is 0 Å². The van der Waals surface area contributed by atoms with Crippen LogP contribution in [-0.4, -0.2) is 9.55 Å². The largest absolute Gasteiger partial charge is 0.309 e. The summed E-state index contributed by atoms with van der Waals surface area (Å²) in [5.41, 5.74) is 15.5. The molecule has 0 aliphatic heterocycles. The molecule has 7 aromatic carbocycles. The first-order valence-electron chi connectivity index (χ1n) is 17.4. The van der Waals surface area contributed by atoms with Crippen molar-refractivity contribution in [3.05, 3.63) is 181 Å². The fourth-order valence-corrected chi connectivity index (χ4v) is 8.19. The maximum atomic E-state index is 5.10. The van der Waals surface area contributed by atoms with Gasteiger partial charge in [-0.25, -0.2) is 4.98 Å². The first kappa shape index (κ1) is 28.7. The van der Waals surface area contributed by atoms with E-state index in [4.69, 9.17) is 4.98 Å². The number of pyridine rings is 1. The van der Waals surface area contributed by atoms with Crippen LogP contribution in [0.15, 0.2) is 170 Å². The van der Waals surface area contributed by atoms with E-state index >= 15 is 0 Å². The molecule has 0 N–H and O–H groups in total. The third kappa shape index (κ3) is 4.38. The lowest BCUT2D eigenvalue weighted by molar-refractivity contribution is 0.661. The van der Waals surface area contributed by atoms with Crippen molar-refractivity contribution >= 4 is 32.6 Å². The average Bonchev–Trinajstić information content (AvgIpc) is 3.60. The molecule has 0 fully saturated rings. The monoisotopic (exact) mass is 638 g/mol. The van der Waals surface area contributed by atoms with Crippen LogP contribution in [0.3, 0.4) is 0 Å². The van der Waals surface area contributed by atoms with Crippen LogP contribution in [0.5, 0.6) is 0 Å². The first-order valence-corrected chi connectivity index (χ1v) is 17.4. The SMILES string of the molecule is CC1(C)c2ccccc2-c2cc3c(cc21)c1cc2ccccc2cc1n3-c1ccc(-c2cc(-c3ccccc3)nc(-c3ccccc3)c2)cc1. The predicted octanol–water partition coefficient (Wildman–Crippen LogP) is 12.6. The van der Waals surface area contributed by atoms with Gasteiger partial charge in [0.2, 0.25) is 0 Å². The van der Waals surface area contributed by atoms with E-state index in [9.17, 15) is 0 Å². The Balaban J connectivity index is 1.18. The zero-order valence-electron chi connectivity index (χ0n) is 28.1. The van der Waals surface area contributed by atoms with Gasteiger partial charge in [0.1, 0.15) is 0 Å². The Morgan fingerprint density at radius 3 is 1.66 bits per heavy atom. The van der Waals surface area contributed by atoms with Gasteiger partial charge in [0, 0.05) is 33.0 Å². The molecule has 0 atom stereocenters. The highest BCUT2D eigenvalue weighted by Crippen LogP contribution is 2.51. The molecule has 0 saturated carbocycles. The van der Waals surface area contributed by atoms with Gasteiger partial charge in [0.25, 0.3) is 0 Å². The lowest BCUT2D eigenvalue weighted by Crippen LogP contribution is -2.14. The van der Waals surface area contributed by atoms with Crippen molar-refractivity contribution in [3.63, 3.8) is 0 Å². The van der Waals surface area contributed by atoms with Gasteiger partial charge in [0.15, 0.2) is 0 Å². The molecule has 0 unspecified atom stereocenters. The van der Waals surface area contributed by atoms with Gasteiger partial charge >= 0.3 is 0 Å². The molecular weight excluding hydrogens is 605 g/mol. The number of hydrogen-bond acceptors (Lipinski definition) is 1. The lowest BCUT2D eigenvalue weighted by Gasteiger charge is -2.21. The minimum atomic E-state index is -0.0607. The van der Waals surface area contributed by atoms with Gasteiger partial charge in [-0.05, 0) is 92.7 Å². The van der Waals surface area contributed by atoms with Crippen molar-refractivity contribution in [2.75, 3.05) is 0 Å². The minimum Gasteiger partial charge on any atom is -0.309 e. The molecule has 2 aromatic heterocycles. The van der Waals surface area contributed by atoms with E-state index in [2.05, 4.69) is 188 Å². The predicted molar refractivity (Wildman–Crippen MR) is 210 cm³/mol. The second-order valence-electron chi connectivity index (χ2n) is 14.0. The lowest BCUT2D eigenvalue weighted by atomic mass is 9.82. The molecule has 2 nitrogen and oxygen atoms in total. The summed E-state index contributed by atoms with van der Waals surface area (Å²) in [4.78, 5) is 5.10. The van der Waals surface area contributed by atoms with Gasteiger partial charge < -0.3 is 4.57 Å². The smallest absolute Gasteiger partial charge is 0.0715 e. The topological polar surface area (TPSA) is 17.8 Å². The maximum absolute atomic E-state index is 5.10. The van der Waals surface area contributed by atoms with E-state index in [0.717, 1.165) is 39.3 Å². The van der Waals surface area contributed by atoms with Crippen LogP contribution in [0.4, 0.5) is 0 Å². The number of fused-ring (bicyclic) bond motifs is 7. The van der Waals surface area contributed by atoms with Crippen LogP contribution >= 0.6 is 0 Å². The second-order valence-corrected chi connectivity index (χ2v) is 14.0. The Labute approximate surface area is 291 Å². The summed E-state index contributed by atoms with van der Waals surface area (Å²) in [5.74, 6) is 0. The van der Waals surface area contributed by atoms with E-state index in [1.807, 2.05) is 0 Å². The summed E-state index contributed by atoms with van der Waals surface area (Å²) in [7, 11) is 0. The Morgan fingerprint density at radius 2 is 0.980 bits per heavy atom. The molecule has 0 radical (unpaired) electrons. The number of hydrogen-bond donors (Lipinski definition) is 0. The van der Waals surface area contributed by atoms with E-state index in [1.165, 1.54) is 54.8 Å². The van der Waals surface area contributed by atoms with Gasteiger partial charge in [-0.3, -0.25) is 0 Å². The summed E-state index contributed by atoms with van der Waals surface area (Å²) >= 11 is 0. The summed E-state index contributed by atoms with van der Waals surface area (Å²) in [5, 5.41) is 5.09. The number of nitrogens with zero attached hydrogens (tertiary/aromatic N) is 2. The van der Waals surface area contributed by atoms with Crippen molar-refractivity contribution < 1.29 is 0 Å². The molecule has 50 heavy (non-hydrogen) atoms. The summed E-state index contributed by atoms with van der Waals surface area (Å²) < 4.78 is 2.46. The zero-order chi connectivity index (χ0) is 33.4. The van der Waals surface area contributed by atoms with Crippen molar-refractivity contribution in [2.24, 2.45) is 0 Å². The van der Waals surface area contributed by atoms with Gasteiger partial charge in [-0.2, -0.15) is 0 Å². The van der Waals surface area contributed by atoms with E-state index in [1.54, 1.807) is 0 Å². The van der Waals surface area contributed by atoms with Crippen LogP contribution in [-0.2, 0) is 5.41 Å². The molecule has 9 aromatic rings. The summed E-state index contributed by atoms with van der Waals surface area (Å²) in [6, 6.07) is 61.7. The van der Waals surface area contributed by atoms with Crippen LogP contribution in [0.25, 0.3) is 83.0 Å². The van der Waals surface area contributed by atoms with E-state index < -0.39 is 0 Å². The molecule has 2 heterocycles. The quantitative estimate of drug-likeness (QED) is 0.188. The van der Waals surface area contributed by atoms with Gasteiger partial charge in [0.05, 0.1) is 22.4 Å². The maximum Gasteiger partial charge on any atom is 0.0715 e.